The molecule has 1 N–H and O–H groups in total. The summed E-state index contributed by atoms with van der Waals surface area (Å²) in [5.41, 5.74) is 0.829. The third-order valence-corrected chi connectivity index (χ3v) is 4.72. The molecule has 0 saturated carbocycles. The molecule has 0 aliphatic carbocycles. The molecule has 7 nitrogen and oxygen atoms in total. The zero-order chi connectivity index (χ0) is 23.1. The molecule has 9 heteroatoms. The van der Waals surface area contributed by atoms with Crippen LogP contribution in [0.25, 0.3) is 0 Å². The Bertz CT molecular complexity index is 1120. The Labute approximate surface area is 187 Å². The fourth-order valence-corrected chi connectivity index (χ4v) is 3.09. The maximum atomic E-state index is 13.1. The molecule has 0 heterocycles. The van der Waals surface area contributed by atoms with E-state index in [4.69, 9.17) is 16.3 Å². The number of carbonyl (C=O) groups is 2. The summed E-state index contributed by atoms with van der Waals surface area (Å²) in [7, 11) is 0. The molecule has 0 saturated heterocycles. The van der Waals surface area contributed by atoms with Gasteiger partial charge in [0, 0.05) is 47.3 Å². The Kier molecular flexibility index (Phi) is 7.51. The van der Waals surface area contributed by atoms with E-state index in [9.17, 15) is 24.1 Å². The molecule has 0 fully saturated rings. The summed E-state index contributed by atoms with van der Waals surface area (Å²) in [6.07, 6.45) is -0.657. The molecule has 1 amide bonds. The second-order valence-corrected chi connectivity index (χ2v) is 7.12. The number of anilines is 1. The molecule has 164 valence electrons. The number of alkyl halides is 1. The lowest BCUT2D eigenvalue weighted by molar-refractivity contribution is -0.384. The van der Waals surface area contributed by atoms with Crippen LogP contribution in [0, 0.1) is 15.9 Å². The van der Waals surface area contributed by atoms with E-state index in [0.29, 0.717) is 17.0 Å². The standard InChI is InChI=1S/C23H18ClFN2O5/c24-13-12-21(22(28)15-4-8-17(25)9-5-15)32-20-3-1-2-18(14-20)26-23(29)16-6-10-19(11-7-16)27(30)31/h1-11,14,21H,12-13H2,(H,26,29). The number of non-ortho nitro benzene ring substituents is 1. The van der Waals surface area contributed by atoms with Gasteiger partial charge in [-0.2, -0.15) is 0 Å². The van der Waals surface area contributed by atoms with Gasteiger partial charge in [-0.15, -0.1) is 11.6 Å². The molecular formula is C23H18ClFN2O5. The summed E-state index contributed by atoms with van der Waals surface area (Å²) >= 11 is 5.83. The van der Waals surface area contributed by atoms with Crippen LogP contribution in [0.3, 0.4) is 0 Å². The van der Waals surface area contributed by atoms with Crippen molar-refractivity contribution in [1.82, 2.24) is 0 Å². The normalized spacial score (nSPS) is 11.4. The first-order chi connectivity index (χ1) is 15.4. The molecule has 0 bridgehead atoms. The maximum absolute atomic E-state index is 13.1. The Balaban J connectivity index is 1.72. The lowest BCUT2D eigenvalue weighted by Crippen LogP contribution is -2.28. The van der Waals surface area contributed by atoms with Gasteiger partial charge in [-0.3, -0.25) is 19.7 Å². The van der Waals surface area contributed by atoms with Crippen LogP contribution in [-0.4, -0.2) is 28.6 Å². The first-order valence-electron chi connectivity index (χ1n) is 9.55. The fraction of sp³-hybridized carbons (Fsp3) is 0.130. The minimum atomic E-state index is -0.890. The van der Waals surface area contributed by atoms with Gasteiger partial charge < -0.3 is 10.1 Å². The molecular weight excluding hydrogens is 439 g/mol. The third-order valence-electron chi connectivity index (χ3n) is 4.50. The Hall–Kier alpha value is -3.78. The number of nitrogens with one attached hydrogen (secondary N) is 1. The van der Waals surface area contributed by atoms with Crippen LogP contribution in [0.5, 0.6) is 5.75 Å². The van der Waals surface area contributed by atoms with Crippen molar-refractivity contribution in [3.8, 4) is 5.75 Å². The Morgan fingerprint density at radius 3 is 2.31 bits per heavy atom. The highest BCUT2D eigenvalue weighted by Gasteiger charge is 2.22. The monoisotopic (exact) mass is 456 g/mol. The zero-order valence-electron chi connectivity index (χ0n) is 16.7. The number of nitro groups is 1. The quantitative estimate of drug-likeness (QED) is 0.205. The van der Waals surface area contributed by atoms with Crippen LogP contribution in [0.1, 0.15) is 27.1 Å². The van der Waals surface area contributed by atoms with Crippen molar-refractivity contribution in [2.45, 2.75) is 12.5 Å². The molecule has 1 unspecified atom stereocenters. The largest absolute Gasteiger partial charge is 0.482 e. The number of Topliss-reactive ketones (excluding diaryl/α,β-unsaturated/α-hetero) is 1. The van der Waals surface area contributed by atoms with Crippen LogP contribution in [0.15, 0.2) is 72.8 Å². The fourth-order valence-electron chi connectivity index (χ4n) is 2.89. The summed E-state index contributed by atoms with van der Waals surface area (Å²) in [6, 6.07) is 16.8. The molecule has 0 aliphatic rings. The molecule has 3 rings (SSSR count). The number of carbonyl (C=O) groups excluding carboxylic acids is 2. The highest BCUT2D eigenvalue weighted by Crippen LogP contribution is 2.22. The van der Waals surface area contributed by atoms with E-state index in [2.05, 4.69) is 5.32 Å². The topological polar surface area (TPSA) is 98.5 Å². The molecule has 0 spiro atoms. The molecule has 0 aromatic heterocycles. The minimum absolute atomic E-state index is 0.117. The third kappa shape index (κ3) is 5.89. The SMILES string of the molecule is O=C(Nc1cccc(OC(CCCl)C(=O)c2ccc(F)cc2)c1)c1ccc([N+](=O)[O-])cc1. The molecule has 3 aromatic rings. The van der Waals surface area contributed by atoms with Crippen molar-refractivity contribution in [3.05, 3.63) is 99.9 Å². The Morgan fingerprint density at radius 2 is 1.69 bits per heavy atom. The second kappa shape index (κ2) is 10.5. The van der Waals surface area contributed by atoms with Crippen molar-refractivity contribution >= 4 is 34.7 Å². The minimum Gasteiger partial charge on any atom is -0.482 e. The van der Waals surface area contributed by atoms with Gasteiger partial charge in [-0.25, -0.2) is 4.39 Å². The van der Waals surface area contributed by atoms with Gasteiger partial charge in [0.05, 0.1) is 4.92 Å². The van der Waals surface area contributed by atoms with Gasteiger partial charge >= 0.3 is 0 Å². The number of hydrogen-bond donors (Lipinski definition) is 1. The van der Waals surface area contributed by atoms with Crippen LogP contribution >= 0.6 is 11.6 Å². The number of benzene rings is 3. The lowest BCUT2D eigenvalue weighted by Gasteiger charge is -2.18. The highest BCUT2D eigenvalue weighted by atomic mass is 35.5. The predicted octanol–water partition coefficient (Wildman–Crippen LogP) is 5.25. The number of amides is 1. The average molecular weight is 457 g/mol. The number of hydrogen-bond acceptors (Lipinski definition) is 5. The van der Waals surface area contributed by atoms with Crippen molar-refractivity contribution < 1.29 is 23.6 Å². The van der Waals surface area contributed by atoms with Crippen LogP contribution in [-0.2, 0) is 0 Å². The summed E-state index contributed by atoms with van der Waals surface area (Å²) in [6.45, 7) is 0. The van der Waals surface area contributed by atoms with Crippen molar-refractivity contribution in [1.29, 1.82) is 0 Å². The summed E-state index contributed by atoms with van der Waals surface area (Å²) in [5.74, 6) is -0.749. The zero-order valence-corrected chi connectivity index (χ0v) is 17.4. The molecule has 0 aliphatic heterocycles. The number of ketones is 1. The highest BCUT2D eigenvalue weighted by molar-refractivity contribution is 6.18. The number of rotatable bonds is 9. The van der Waals surface area contributed by atoms with E-state index in [1.165, 1.54) is 48.5 Å². The lowest BCUT2D eigenvalue weighted by atomic mass is 10.0. The van der Waals surface area contributed by atoms with E-state index >= 15 is 0 Å². The van der Waals surface area contributed by atoms with Crippen molar-refractivity contribution in [3.63, 3.8) is 0 Å². The molecule has 1 atom stereocenters. The first kappa shape index (κ1) is 22.9. The van der Waals surface area contributed by atoms with Gasteiger partial charge in [0.2, 0.25) is 5.78 Å². The number of ether oxygens (including phenoxy) is 1. The van der Waals surface area contributed by atoms with Crippen LogP contribution in [0.4, 0.5) is 15.8 Å². The van der Waals surface area contributed by atoms with Gasteiger partial charge in [-0.1, -0.05) is 6.07 Å². The van der Waals surface area contributed by atoms with Crippen LogP contribution in [0.2, 0.25) is 0 Å². The molecule has 32 heavy (non-hydrogen) atoms. The van der Waals surface area contributed by atoms with E-state index in [1.807, 2.05) is 0 Å². The number of nitro benzene ring substituents is 1. The molecule has 3 aromatic carbocycles. The van der Waals surface area contributed by atoms with Crippen LogP contribution < -0.4 is 10.1 Å². The summed E-state index contributed by atoms with van der Waals surface area (Å²) < 4.78 is 19.0. The maximum Gasteiger partial charge on any atom is 0.269 e. The summed E-state index contributed by atoms with van der Waals surface area (Å²) in [5, 5.41) is 13.4. The summed E-state index contributed by atoms with van der Waals surface area (Å²) in [4.78, 5) is 35.4. The van der Waals surface area contributed by atoms with E-state index in [-0.39, 0.29) is 29.3 Å². The van der Waals surface area contributed by atoms with Gasteiger partial charge in [0.25, 0.3) is 11.6 Å². The Morgan fingerprint density at radius 1 is 1.03 bits per heavy atom. The van der Waals surface area contributed by atoms with E-state index in [1.54, 1.807) is 24.3 Å². The van der Waals surface area contributed by atoms with E-state index < -0.39 is 22.8 Å². The van der Waals surface area contributed by atoms with Crippen molar-refractivity contribution in [2.24, 2.45) is 0 Å². The van der Waals surface area contributed by atoms with Gasteiger partial charge in [0.15, 0.2) is 6.10 Å². The molecule has 0 radical (unpaired) electrons. The second-order valence-electron chi connectivity index (χ2n) is 6.74. The predicted molar refractivity (Wildman–Crippen MR) is 118 cm³/mol. The smallest absolute Gasteiger partial charge is 0.269 e. The van der Waals surface area contributed by atoms with E-state index in [0.717, 1.165) is 0 Å². The number of nitrogens with zero attached hydrogens (tertiary/aromatic N) is 1. The van der Waals surface area contributed by atoms with Crippen molar-refractivity contribution in [2.75, 3.05) is 11.2 Å². The first-order valence-corrected chi connectivity index (χ1v) is 10.1. The van der Waals surface area contributed by atoms with Gasteiger partial charge in [0.1, 0.15) is 11.6 Å². The van der Waals surface area contributed by atoms with Gasteiger partial charge in [-0.05, 0) is 48.5 Å². The number of halogens is 2. The average Bonchev–Trinajstić information content (AvgIpc) is 2.79.